The summed E-state index contributed by atoms with van der Waals surface area (Å²) < 4.78 is 0.678. The van der Waals surface area contributed by atoms with Crippen molar-refractivity contribution in [1.29, 1.82) is 0 Å². The number of nitrogen functional groups attached to an aromatic ring is 1. The molecule has 0 amide bonds. The van der Waals surface area contributed by atoms with E-state index in [-0.39, 0.29) is 5.56 Å². The molecule has 5 aromatic rings. The molecule has 0 unspecified atom stereocenters. The highest BCUT2D eigenvalue weighted by Crippen LogP contribution is 2.38. The Labute approximate surface area is 185 Å². The van der Waals surface area contributed by atoms with Crippen molar-refractivity contribution in [2.24, 2.45) is 0 Å². The third-order valence-electron chi connectivity index (χ3n) is 5.23. The second-order valence-corrected chi connectivity index (χ2v) is 8.25. The van der Waals surface area contributed by atoms with E-state index in [1.54, 1.807) is 12.4 Å². The van der Waals surface area contributed by atoms with Gasteiger partial charge >= 0.3 is 0 Å². The average Bonchev–Trinajstić information content (AvgIpc) is 3.25. The first-order chi connectivity index (χ1) is 14.9. The van der Waals surface area contributed by atoms with E-state index >= 15 is 0 Å². The first-order valence-electron chi connectivity index (χ1n) is 9.52. The quantitative estimate of drug-likeness (QED) is 0.340. The Hall–Kier alpha value is -3.72. The zero-order valence-corrected chi connectivity index (χ0v) is 18.4. The number of hydrogen-bond donors (Lipinski definition) is 3. The van der Waals surface area contributed by atoms with Crippen LogP contribution in [0.3, 0.4) is 0 Å². The summed E-state index contributed by atoms with van der Waals surface area (Å²) in [6.07, 6.45) is 3.43. The van der Waals surface area contributed by atoms with Crippen molar-refractivity contribution in [3.8, 4) is 22.5 Å². The molecule has 4 N–H and O–H groups in total. The molecular formula is C22H18BrN7O. The van der Waals surface area contributed by atoms with Gasteiger partial charge in [-0.2, -0.15) is 5.10 Å². The maximum atomic E-state index is 13.1. The van der Waals surface area contributed by atoms with Crippen molar-refractivity contribution in [1.82, 2.24) is 25.1 Å². The third kappa shape index (κ3) is 3.14. The van der Waals surface area contributed by atoms with Gasteiger partial charge in [0.2, 0.25) is 0 Å². The maximum Gasteiger partial charge on any atom is 0.261 e. The smallest absolute Gasteiger partial charge is 0.261 e. The molecule has 0 bridgehead atoms. The molecule has 0 saturated heterocycles. The molecule has 3 aromatic heterocycles. The Kier molecular flexibility index (Phi) is 4.48. The lowest BCUT2D eigenvalue weighted by molar-refractivity contribution is 1.06. The lowest BCUT2D eigenvalue weighted by Gasteiger charge is -2.13. The number of rotatable bonds is 3. The van der Waals surface area contributed by atoms with Crippen molar-refractivity contribution in [2.75, 3.05) is 24.7 Å². The highest BCUT2D eigenvalue weighted by molar-refractivity contribution is 9.10. The van der Waals surface area contributed by atoms with Crippen LogP contribution in [0.1, 0.15) is 0 Å². The minimum Gasteiger partial charge on any atom is -0.398 e. The summed E-state index contributed by atoms with van der Waals surface area (Å²) in [5.74, 6) is 1.25. The number of aromatic nitrogens is 5. The van der Waals surface area contributed by atoms with Gasteiger partial charge in [-0.15, -0.1) is 0 Å². The highest BCUT2D eigenvalue weighted by atomic mass is 79.9. The number of halogens is 1. The van der Waals surface area contributed by atoms with E-state index in [2.05, 4.69) is 41.1 Å². The fourth-order valence-corrected chi connectivity index (χ4v) is 4.17. The standard InChI is InChI=1S/C22H18BrN7O/c1-30(2)17-7-6-11(9-25-17)21-27-20-15(23)8-13(19(24)18(20)22(31)28-21)12-4-3-5-16-14(12)10-26-29-16/h3-10H,24H2,1-2H3,(H,26,29)(H,27,28,31). The van der Waals surface area contributed by atoms with Crippen LogP contribution in [0.15, 0.2) is 58.1 Å². The largest absolute Gasteiger partial charge is 0.398 e. The lowest BCUT2D eigenvalue weighted by Crippen LogP contribution is -2.13. The summed E-state index contributed by atoms with van der Waals surface area (Å²) in [5.41, 5.74) is 10.3. The average molecular weight is 476 g/mol. The van der Waals surface area contributed by atoms with Crippen molar-refractivity contribution in [2.45, 2.75) is 0 Å². The molecule has 0 aliphatic carbocycles. The summed E-state index contributed by atoms with van der Waals surface area (Å²) in [4.78, 5) is 26.9. The van der Waals surface area contributed by atoms with E-state index < -0.39 is 0 Å². The molecule has 3 heterocycles. The molecule has 0 radical (unpaired) electrons. The molecule has 0 atom stereocenters. The molecule has 0 fully saturated rings. The second kappa shape index (κ2) is 7.21. The first-order valence-corrected chi connectivity index (χ1v) is 10.3. The van der Waals surface area contributed by atoms with Crippen molar-refractivity contribution in [3.63, 3.8) is 0 Å². The minimum atomic E-state index is -0.309. The van der Waals surface area contributed by atoms with Gasteiger partial charge in [-0.05, 0) is 45.8 Å². The van der Waals surface area contributed by atoms with Gasteiger partial charge in [-0.25, -0.2) is 9.97 Å². The highest BCUT2D eigenvalue weighted by Gasteiger charge is 2.18. The van der Waals surface area contributed by atoms with Crippen LogP contribution in [0.2, 0.25) is 0 Å². The van der Waals surface area contributed by atoms with Crippen LogP contribution in [0.25, 0.3) is 44.3 Å². The predicted molar refractivity (Wildman–Crippen MR) is 127 cm³/mol. The van der Waals surface area contributed by atoms with Gasteiger partial charge in [0.15, 0.2) is 0 Å². The van der Waals surface area contributed by atoms with Crippen LogP contribution in [0.5, 0.6) is 0 Å². The zero-order chi connectivity index (χ0) is 21.7. The lowest BCUT2D eigenvalue weighted by atomic mass is 9.98. The zero-order valence-electron chi connectivity index (χ0n) is 16.8. The Balaban J connectivity index is 1.71. The molecule has 0 aliphatic heterocycles. The van der Waals surface area contributed by atoms with E-state index in [1.165, 1.54) is 0 Å². The molecule has 8 nitrogen and oxygen atoms in total. The Morgan fingerprint density at radius 1 is 1.10 bits per heavy atom. The molecule has 154 valence electrons. The Morgan fingerprint density at radius 3 is 2.68 bits per heavy atom. The van der Waals surface area contributed by atoms with E-state index in [9.17, 15) is 4.79 Å². The number of aromatic amines is 2. The third-order valence-corrected chi connectivity index (χ3v) is 5.84. The van der Waals surface area contributed by atoms with Crippen molar-refractivity contribution < 1.29 is 0 Å². The van der Waals surface area contributed by atoms with Gasteiger partial charge in [0.25, 0.3) is 5.56 Å². The number of nitrogens with zero attached hydrogens (tertiary/aromatic N) is 4. The predicted octanol–water partition coefficient (Wildman–Crippen LogP) is 3.94. The first kappa shape index (κ1) is 19.3. The molecule has 2 aromatic carbocycles. The number of H-pyrrole nitrogens is 2. The molecule has 0 spiro atoms. The van der Waals surface area contributed by atoms with Gasteiger partial charge in [0.05, 0.1) is 28.3 Å². The summed E-state index contributed by atoms with van der Waals surface area (Å²) >= 11 is 3.59. The van der Waals surface area contributed by atoms with Gasteiger partial charge in [0.1, 0.15) is 11.6 Å². The fourth-order valence-electron chi connectivity index (χ4n) is 3.66. The van der Waals surface area contributed by atoms with E-state index in [1.807, 2.05) is 55.4 Å². The van der Waals surface area contributed by atoms with Crippen LogP contribution in [0, 0.1) is 0 Å². The number of benzene rings is 2. The van der Waals surface area contributed by atoms with Crippen molar-refractivity contribution >= 4 is 49.2 Å². The van der Waals surface area contributed by atoms with Gasteiger partial charge < -0.3 is 15.6 Å². The SMILES string of the molecule is CN(C)c1ccc(-c2nc3c(Br)cc(-c4cccc5[nH]ncc45)c(N)c3c(=O)[nH]2)cn1. The Morgan fingerprint density at radius 2 is 1.94 bits per heavy atom. The number of hydrogen-bond acceptors (Lipinski definition) is 6. The number of pyridine rings is 1. The normalized spacial score (nSPS) is 11.3. The van der Waals surface area contributed by atoms with Crippen molar-refractivity contribution in [3.05, 3.63) is 63.6 Å². The van der Waals surface area contributed by atoms with E-state index in [0.29, 0.717) is 32.5 Å². The van der Waals surface area contributed by atoms with E-state index in [0.717, 1.165) is 27.8 Å². The molecule has 0 aliphatic rings. The van der Waals surface area contributed by atoms with Crippen LogP contribution in [-0.4, -0.2) is 39.2 Å². The van der Waals surface area contributed by atoms with Gasteiger partial charge in [-0.3, -0.25) is 9.89 Å². The number of nitrogens with two attached hydrogens (primary N) is 1. The summed E-state index contributed by atoms with van der Waals surface area (Å²) in [6, 6.07) is 11.5. The second-order valence-electron chi connectivity index (χ2n) is 7.39. The molecule has 31 heavy (non-hydrogen) atoms. The monoisotopic (exact) mass is 475 g/mol. The maximum absolute atomic E-state index is 13.1. The number of anilines is 2. The number of nitrogens with one attached hydrogen (secondary N) is 2. The Bertz CT molecular complexity index is 1500. The van der Waals surface area contributed by atoms with Crippen LogP contribution >= 0.6 is 15.9 Å². The summed E-state index contributed by atoms with van der Waals surface area (Å²) in [6.45, 7) is 0. The van der Waals surface area contributed by atoms with Gasteiger partial charge in [0, 0.05) is 41.3 Å². The van der Waals surface area contributed by atoms with Gasteiger partial charge in [-0.1, -0.05) is 12.1 Å². The minimum absolute atomic E-state index is 0.309. The topological polar surface area (TPSA) is 117 Å². The summed E-state index contributed by atoms with van der Waals surface area (Å²) in [7, 11) is 3.83. The molecule has 0 saturated carbocycles. The number of fused-ring (bicyclic) bond motifs is 2. The van der Waals surface area contributed by atoms with Crippen LogP contribution in [0.4, 0.5) is 11.5 Å². The van der Waals surface area contributed by atoms with Crippen LogP contribution < -0.4 is 16.2 Å². The molecule has 5 rings (SSSR count). The van der Waals surface area contributed by atoms with E-state index in [4.69, 9.17) is 5.73 Å². The van der Waals surface area contributed by atoms with Crippen LogP contribution in [-0.2, 0) is 0 Å². The molecular weight excluding hydrogens is 458 g/mol. The fraction of sp³-hybridized carbons (Fsp3) is 0.0909. The summed E-state index contributed by atoms with van der Waals surface area (Å²) in [5, 5.41) is 8.34. The molecule has 9 heteroatoms.